The van der Waals surface area contributed by atoms with Crippen molar-refractivity contribution in [1.82, 2.24) is 10.3 Å². The van der Waals surface area contributed by atoms with Crippen LogP contribution in [0.3, 0.4) is 0 Å². The van der Waals surface area contributed by atoms with Crippen molar-refractivity contribution in [2.24, 2.45) is 0 Å². The number of anilines is 1. The number of nitrogens with zero attached hydrogens (tertiary/aromatic N) is 1. The van der Waals surface area contributed by atoms with E-state index in [1.54, 1.807) is 0 Å². The Morgan fingerprint density at radius 1 is 1.42 bits per heavy atom. The van der Waals surface area contributed by atoms with E-state index in [4.69, 9.17) is 0 Å². The van der Waals surface area contributed by atoms with E-state index in [0.29, 0.717) is 13.0 Å². The van der Waals surface area contributed by atoms with Gasteiger partial charge in [-0.15, -0.1) is 0 Å². The molecule has 0 amide bonds. The highest BCUT2D eigenvalue weighted by atomic mass is 19.4. The molecule has 3 N–H and O–H groups in total. The first-order valence-electron chi connectivity index (χ1n) is 6.10. The van der Waals surface area contributed by atoms with Crippen molar-refractivity contribution in [2.75, 3.05) is 25.0 Å². The van der Waals surface area contributed by atoms with Crippen molar-refractivity contribution in [3.63, 3.8) is 0 Å². The van der Waals surface area contributed by atoms with Gasteiger partial charge in [-0.1, -0.05) is 6.07 Å². The SMILES string of the molecule is O[C@@]1(CNc2cccc(C(F)(F)F)n2)CCCNC1. The third-order valence-corrected chi connectivity index (χ3v) is 3.09. The molecule has 1 aromatic rings. The molecule has 0 radical (unpaired) electrons. The molecule has 1 aliphatic heterocycles. The van der Waals surface area contributed by atoms with Gasteiger partial charge in [0.2, 0.25) is 0 Å². The number of halogens is 3. The summed E-state index contributed by atoms with van der Waals surface area (Å²) in [5.74, 6) is 0.119. The molecule has 1 atom stereocenters. The highest BCUT2D eigenvalue weighted by Gasteiger charge is 2.33. The van der Waals surface area contributed by atoms with Gasteiger partial charge in [0.1, 0.15) is 11.5 Å². The van der Waals surface area contributed by atoms with Crippen molar-refractivity contribution >= 4 is 5.82 Å². The molecule has 106 valence electrons. The Balaban J connectivity index is 1.99. The van der Waals surface area contributed by atoms with Gasteiger partial charge in [-0.3, -0.25) is 0 Å². The molecule has 0 spiro atoms. The van der Waals surface area contributed by atoms with Crippen LogP contribution in [0.25, 0.3) is 0 Å². The van der Waals surface area contributed by atoms with Crippen molar-refractivity contribution in [3.8, 4) is 0 Å². The topological polar surface area (TPSA) is 57.2 Å². The van der Waals surface area contributed by atoms with Crippen LogP contribution in [0.1, 0.15) is 18.5 Å². The third-order valence-electron chi connectivity index (χ3n) is 3.09. The van der Waals surface area contributed by atoms with Crippen LogP contribution < -0.4 is 10.6 Å². The Labute approximate surface area is 109 Å². The minimum absolute atomic E-state index is 0.119. The van der Waals surface area contributed by atoms with Gasteiger partial charge in [0.25, 0.3) is 0 Å². The average Bonchev–Trinajstić information content (AvgIpc) is 2.37. The Morgan fingerprint density at radius 2 is 2.21 bits per heavy atom. The second-order valence-electron chi connectivity index (χ2n) is 4.76. The summed E-state index contributed by atoms with van der Waals surface area (Å²) >= 11 is 0. The van der Waals surface area contributed by atoms with E-state index in [1.807, 2.05) is 0 Å². The van der Waals surface area contributed by atoms with Gasteiger partial charge >= 0.3 is 6.18 Å². The number of hydrogen-bond donors (Lipinski definition) is 3. The average molecular weight is 275 g/mol. The molecular formula is C12H16F3N3O. The van der Waals surface area contributed by atoms with E-state index in [1.165, 1.54) is 12.1 Å². The lowest BCUT2D eigenvalue weighted by atomic mass is 9.94. The second-order valence-corrected chi connectivity index (χ2v) is 4.76. The summed E-state index contributed by atoms with van der Waals surface area (Å²) in [6, 6.07) is 3.66. The van der Waals surface area contributed by atoms with E-state index in [0.717, 1.165) is 19.0 Å². The Morgan fingerprint density at radius 3 is 2.84 bits per heavy atom. The molecule has 2 rings (SSSR count). The largest absolute Gasteiger partial charge is 0.433 e. The number of β-amino-alcohol motifs (C(OH)–C–C–N with tert-alkyl or cyclic N) is 1. The second kappa shape index (κ2) is 5.34. The molecule has 4 nitrogen and oxygen atoms in total. The van der Waals surface area contributed by atoms with Crippen LogP contribution in [0, 0.1) is 0 Å². The zero-order chi connectivity index (χ0) is 13.9. The standard InChI is InChI=1S/C12H16F3N3O/c13-12(14,15)9-3-1-4-10(18-9)17-8-11(19)5-2-6-16-7-11/h1,3-4,16,19H,2,5-8H2,(H,17,18)/t11-/m0/s1. The quantitative estimate of drug-likeness (QED) is 0.784. The van der Waals surface area contributed by atoms with Gasteiger partial charge in [0.05, 0.1) is 5.60 Å². The lowest BCUT2D eigenvalue weighted by Gasteiger charge is -2.32. The molecule has 1 saturated heterocycles. The van der Waals surface area contributed by atoms with Crippen molar-refractivity contribution < 1.29 is 18.3 Å². The van der Waals surface area contributed by atoms with E-state index in [2.05, 4.69) is 15.6 Å². The molecule has 19 heavy (non-hydrogen) atoms. The lowest BCUT2D eigenvalue weighted by Crippen LogP contribution is -2.50. The fourth-order valence-corrected chi connectivity index (χ4v) is 2.05. The molecule has 2 heterocycles. The zero-order valence-corrected chi connectivity index (χ0v) is 10.3. The summed E-state index contributed by atoms with van der Waals surface area (Å²) in [5.41, 5.74) is -1.87. The maximum absolute atomic E-state index is 12.5. The number of hydrogen-bond acceptors (Lipinski definition) is 4. The van der Waals surface area contributed by atoms with E-state index < -0.39 is 17.5 Å². The monoisotopic (exact) mass is 275 g/mol. The van der Waals surface area contributed by atoms with Crippen LogP contribution in [0.2, 0.25) is 0 Å². The lowest BCUT2D eigenvalue weighted by molar-refractivity contribution is -0.141. The molecule has 0 saturated carbocycles. The van der Waals surface area contributed by atoms with Gasteiger partial charge in [-0.05, 0) is 31.5 Å². The van der Waals surface area contributed by atoms with E-state index in [-0.39, 0.29) is 12.4 Å². The summed E-state index contributed by atoms with van der Waals surface area (Å²) in [5, 5.41) is 16.0. The number of piperidine rings is 1. The molecule has 0 bridgehead atoms. The van der Waals surface area contributed by atoms with Gasteiger partial charge in [0, 0.05) is 13.1 Å². The summed E-state index contributed by atoms with van der Waals surface area (Å²) in [6.07, 6.45) is -3.00. The van der Waals surface area contributed by atoms with Crippen LogP contribution in [-0.4, -0.2) is 35.3 Å². The van der Waals surface area contributed by atoms with Crippen molar-refractivity contribution in [1.29, 1.82) is 0 Å². The van der Waals surface area contributed by atoms with Crippen LogP contribution >= 0.6 is 0 Å². The first-order valence-corrected chi connectivity index (χ1v) is 6.10. The number of nitrogens with one attached hydrogen (secondary N) is 2. The van der Waals surface area contributed by atoms with Crippen molar-refractivity contribution in [2.45, 2.75) is 24.6 Å². The van der Waals surface area contributed by atoms with Crippen LogP contribution in [0.5, 0.6) is 0 Å². The van der Waals surface area contributed by atoms with Crippen molar-refractivity contribution in [3.05, 3.63) is 23.9 Å². The highest BCUT2D eigenvalue weighted by molar-refractivity contribution is 5.36. The Bertz CT molecular complexity index is 430. The summed E-state index contributed by atoms with van der Waals surface area (Å²) in [4.78, 5) is 3.49. The smallest absolute Gasteiger partial charge is 0.387 e. The third kappa shape index (κ3) is 3.81. The first-order chi connectivity index (χ1) is 8.89. The zero-order valence-electron chi connectivity index (χ0n) is 10.3. The normalized spacial score (nSPS) is 24.2. The number of rotatable bonds is 3. The van der Waals surface area contributed by atoms with Gasteiger partial charge < -0.3 is 15.7 Å². The molecule has 0 aliphatic carbocycles. The first kappa shape index (κ1) is 14.1. The molecule has 0 aromatic carbocycles. The molecule has 1 aromatic heterocycles. The van der Waals surface area contributed by atoms with Gasteiger partial charge in [0.15, 0.2) is 0 Å². The van der Waals surface area contributed by atoms with E-state index >= 15 is 0 Å². The Kier molecular flexibility index (Phi) is 3.96. The number of pyridine rings is 1. The number of aromatic nitrogens is 1. The predicted molar refractivity (Wildman–Crippen MR) is 64.8 cm³/mol. The number of aliphatic hydroxyl groups is 1. The molecule has 0 unspecified atom stereocenters. The fraction of sp³-hybridized carbons (Fsp3) is 0.583. The number of alkyl halides is 3. The summed E-state index contributed by atoms with van der Waals surface area (Å²) in [7, 11) is 0. The highest BCUT2D eigenvalue weighted by Crippen LogP contribution is 2.28. The molecule has 7 heteroatoms. The van der Waals surface area contributed by atoms with Gasteiger partial charge in [-0.25, -0.2) is 4.98 Å². The molecular weight excluding hydrogens is 259 g/mol. The van der Waals surface area contributed by atoms with Crippen LogP contribution in [0.15, 0.2) is 18.2 Å². The minimum atomic E-state index is -4.46. The van der Waals surface area contributed by atoms with Gasteiger partial charge in [-0.2, -0.15) is 13.2 Å². The molecule has 1 fully saturated rings. The maximum atomic E-state index is 12.5. The summed E-state index contributed by atoms with van der Waals surface area (Å²) in [6.45, 7) is 1.46. The minimum Gasteiger partial charge on any atom is -0.387 e. The van der Waals surface area contributed by atoms with Crippen LogP contribution in [-0.2, 0) is 6.18 Å². The predicted octanol–water partition coefficient (Wildman–Crippen LogP) is 1.63. The summed E-state index contributed by atoms with van der Waals surface area (Å²) < 4.78 is 37.5. The Hall–Kier alpha value is -1.34. The maximum Gasteiger partial charge on any atom is 0.433 e. The van der Waals surface area contributed by atoms with Crippen LogP contribution in [0.4, 0.5) is 19.0 Å². The van der Waals surface area contributed by atoms with E-state index in [9.17, 15) is 18.3 Å². The fourth-order valence-electron chi connectivity index (χ4n) is 2.05. The molecule has 1 aliphatic rings.